The maximum Gasteiger partial charge on any atom is 0.350 e. The number of aryl methyl sites for hydroxylation is 1. The van der Waals surface area contributed by atoms with Crippen molar-refractivity contribution in [1.82, 2.24) is 15.6 Å². The Bertz CT molecular complexity index is 957. The highest BCUT2D eigenvalue weighted by Crippen LogP contribution is 2.24. The first-order valence-electron chi connectivity index (χ1n) is 9.71. The normalized spacial score (nSPS) is 12.1. The molecule has 0 fully saturated rings. The minimum absolute atomic E-state index is 0.181. The van der Waals surface area contributed by atoms with Crippen molar-refractivity contribution in [3.05, 3.63) is 44.9 Å². The Morgan fingerprint density at radius 1 is 1.26 bits per heavy atom. The van der Waals surface area contributed by atoms with Crippen LogP contribution in [0.25, 0.3) is 0 Å². The Hall–Kier alpha value is -3.14. The van der Waals surface area contributed by atoms with Crippen molar-refractivity contribution >= 4 is 29.2 Å². The van der Waals surface area contributed by atoms with Crippen LogP contribution >= 0.6 is 11.3 Å². The van der Waals surface area contributed by atoms with Gasteiger partial charge in [-0.25, -0.2) is 14.6 Å². The lowest BCUT2D eigenvalue weighted by Gasteiger charge is -2.17. The van der Waals surface area contributed by atoms with E-state index in [1.165, 1.54) is 25.6 Å². The van der Waals surface area contributed by atoms with Crippen LogP contribution in [-0.4, -0.2) is 50.8 Å². The molecular weight excluding hydrogens is 420 g/mol. The lowest BCUT2D eigenvalue weighted by atomic mass is 10.1. The standard InChI is InChI=1S/C21H28N4O5S/c1-7-30-20(27)17-12(2)24-18(31-17)13(3)25-21(22-4)23-11-14-8-9-16(28-5)15(10-14)19(26)29-6/h8-10,13H,7,11H2,1-6H3,(H2,22,23,25). The zero-order valence-electron chi connectivity index (χ0n) is 18.6. The van der Waals surface area contributed by atoms with Gasteiger partial charge < -0.3 is 24.8 Å². The Kier molecular flexibility index (Phi) is 8.80. The number of rotatable bonds is 8. The molecule has 0 radical (unpaired) electrons. The van der Waals surface area contributed by atoms with Crippen LogP contribution in [0.4, 0.5) is 0 Å². The molecule has 2 aromatic rings. The molecule has 2 rings (SSSR count). The number of nitrogens with one attached hydrogen (secondary N) is 2. The van der Waals surface area contributed by atoms with Gasteiger partial charge in [0.05, 0.1) is 32.6 Å². The predicted molar refractivity (Wildman–Crippen MR) is 119 cm³/mol. The van der Waals surface area contributed by atoms with Gasteiger partial charge in [-0.1, -0.05) is 6.07 Å². The molecule has 168 valence electrons. The molecule has 9 nitrogen and oxygen atoms in total. The number of ether oxygens (including phenoxy) is 3. The lowest BCUT2D eigenvalue weighted by Crippen LogP contribution is -2.38. The number of aromatic nitrogens is 1. The number of carbonyl (C=O) groups excluding carboxylic acids is 2. The summed E-state index contributed by atoms with van der Waals surface area (Å²) < 4.78 is 15.1. The molecule has 0 aliphatic heterocycles. The molecule has 31 heavy (non-hydrogen) atoms. The fourth-order valence-electron chi connectivity index (χ4n) is 2.77. The monoisotopic (exact) mass is 448 g/mol. The van der Waals surface area contributed by atoms with Crippen LogP contribution in [0.15, 0.2) is 23.2 Å². The van der Waals surface area contributed by atoms with Gasteiger partial charge in [-0.05, 0) is 38.5 Å². The third-order valence-electron chi connectivity index (χ3n) is 4.35. The van der Waals surface area contributed by atoms with Gasteiger partial charge in [-0.3, -0.25) is 4.99 Å². The van der Waals surface area contributed by atoms with Gasteiger partial charge in [-0.15, -0.1) is 11.3 Å². The number of benzene rings is 1. The van der Waals surface area contributed by atoms with Gasteiger partial charge in [0.2, 0.25) is 0 Å². The number of aliphatic imine (C=N–C) groups is 1. The van der Waals surface area contributed by atoms with E-state index in [1.54, 1.807) is 33.0 Å². The van der Waals surface area contributed by atoms with Crippen LogP contribution in [0, 0.1) is 6.92 Å². The molecule has 0 spiro atoms. The first kappa shape index (κ1) is 24.1. The van der Waals surface area contributed by atoms with Crippen molar-refractivity contribution in [2.45, 2.75) is 33.4 Å². The number of carbonyl (C=O) groups is 2. The number of guanidine groups is 1. The third-order valence-corrected chi connectivity index (χ3v) is 5.67. The van der Waals surface area contributed by atoms with Crippen LogP contribution in [0.5, 0.6) is 5.75 Å². The first-order valence-corrected chi connectivity index (χ1v) is 10.5. The zero-order valence-corrected chi connectivity index (χ0v) is 19.4. The Morgan fingerprint density at radius 2 is 2.00 bits per heavy atom. The molecule has 0 saturated heterocycles. The largest absolute Gasteiger partial charge is 0.496 e. The van der Waals surface area contributed by atoms with Crippen molar-refractivity contribution in [3.63, 3.8) is 0 Å². The quantitative estimate of drug-likeness (QED) is 0.360. The number of methoxy groups -OCH3 is 2. The number of esters is 2. The highest BCUT2D eigenvalue weighted by molar-refractivity contribution is 7.13. The summed E-state index contributed by atoms with van der Waals surface area (Å²) >= 11 is 1.30. The first-order chi connectivity index (χ1) is 14.8. The predicted octanol–water partition coefficient (Wildman–Crippen LogP) is 2.85. The second-order valence-electron chi connectivity index (χ2n) is 6.51. The van der Waals surface area contributed by atoms with E-state index in [4.69, 9.17) is 14.2 Å². The third kappa shape index (κ3) is 6.17. The Labute approximate surface area is 185 Å². The van der Waals surface area contributed by atoms with E-state index in [1.807, 2.05) is 13.0 Å². The smallest absolute Gasteiger partial charge is 0.350 e. The molecular formula is C21H28N4O5S. The summed E-state index contributed by atoms with van der Waals surface area (Å²) in [6, 6.07) is 5.10. The minimum Gasteiger partial charge on any atom is -0.496 e. The Balaban J connectivity index is 2.06. The summed E-state index contributed by atoms with van der Waals surface area (Å²) in [7, 11) is 4.49. The SMILES string of the molecule is CCOC(=O)c1sc(C(C)NC(=NC)NCc2ccc(OC)c(C(=O)OC)c2)nc1C. The lowest BCUT2D eigenvalue weighted by molar-refractivity contribution is 0.0529. The van der Waals surface area contributed by atoms with Crippen molar-refractivity contribution < 1.29 is 23.8 Å². The molecule has 1 aromatic carbocycles. The average molecular weight is 449 g/mol. The van der Waals surface area contributed by atoms with Gasteiger partial charge in [0, 0.05) is 13.6 Å². The second-order valence-corrected chi connectivity index (χ2v) is 7.54. The number of hydrogen-bond acceptors (Lipinski definition) is 8. The summed E-state index contributed by atoms with van der Waals surface area (Å²) in [5.74, 6) is 0.169. The molecule has 0 bridgehead atoms. The van der Waals surface area contributed by atoms with Crippen molar-refractivity contribution in [2.24, 2.45) is 4.99 Å². The van der Waals surface area contributed by atoms with E-state index in [0.29, 0.717) is 41.0 Å². The molecule has 1 atom stereocenters. The summed E-state index contributed by atoms with van der Waals surface area (Å²) in [5, 5.41) is 7.21. The molecule has 1 unspecified atom stereocenters. The molecule has 1 heterocycles. The molecule has 2 N–H and O–H groups in total. The number of hydrogen-bond donors (Lipinski definition) is 2. The zero-order chi connectivity index (χ0) is 23.0. The van der Waals surface area contributed by atoms with Crippen LogP contribution in [0.3, 0.4) is 0 Å². The summed E-state index contributed by atoms with van der Waals surface area (Å²) in [6.07, 6.45) is 0. The summed E-state index contributed by atoms with van der Waals surface area (Å²) in [5.41, 5.74) is 1.85. The van der Waals surface area contributed by atoms with Gasteiger partial charge in [0.25, 0.3) is 0 Å². The van der Waals surface area contributed by atoms with Crippen molar-refractivity contribution in [3.8, 4) is 5.75 Å². The average Bonchev–Trinajstić information content (AvgIpc) is 3.17. The van der Waals surface area contributed by atoms with E-state index in [9.17, 15) is 9.59 Å². The highest BCUT2D eigenvalue weighted by atomic mass is 32.1. The van der Waals surface area contributed by atoms with Crippen molar-refractivity contribution in [2.75, 3.05) is 27.9 Å². The fraction of sp³-hybridized carbons (Fsp3) is 0.429. The molecule has 10 heteroatoms. The van der Waals surface area contributed by atoms with Gasteiger partial charge >= 0.3 is 11.9 Å². The van der Waals surface area contributed by atoms with E-state index >= 15 is 0 Å². The highest BCUT2D eigenvalue weighted by Gasteiger charge is 2.20. The van der Waals surface area contributed by atoms with Gasteiger partial charge in [-0.2, -0.15) is 0 Å². The van der Waals surface area contributed by atoms with Crippen LogP contribution in [0.1, 0.15) is 56.2 Å². The minimum atomic E-state index is -0.466. The van der Waals surface area contributed by atoms with Crippen LogP contribution in [0.2, 0.25) is 0 Å². The summed E-state index contributed by atoms with van der Waals surface area (Å²) in [4.78, 5) is 33.2. The molecule has 0 aliphatic carbocycles. The molecule has 0 amide bonds. The van der Waals surface area contributed by atoms with E-state index in [0.717, 1.165) is 10.6 Å². The van der Waals surface area contributed by atoms with Crippen LogP contribution < -0.4 is 15.4 Å². The molecule has 0 saturated carbocycles. The maximum absolute atomic E-state index is 12.0. The number of nitrogens with zero attached hydrogens (tertiary/aromatic N) is 2. The molecule has 1 aromatic heterocycles. The van der Waals surface area contributed by atoms with Crippen molar-refractivity contribution in [1.29, 1.82) is 0 Å². The molecule has 0 aliphatic rings. The van der Waals surface area contributed by atoms with Gasteiger partial charge in [0.15, 0.2) is 5.96 Å². The van der Waals surface area contributed by atoms with E-state index in [-0.39, 0.29) is 12.0 Å². The Morgan fingerprint density at radius 3 is 2.61 bits per heavy atom. The second kappa shape index (κ2) is 11.3. The summed E-state index contributed by atoms with van der Waals surface area (Å²) in [6.45, 7) is 6.23. The van der Waals surface area contributed by atoms with Gasteiger partial charge in [0.1, 0.15) is 21.2 Å². The fourth-order valence-corrected chi connectivity index (χ4v) is 3.73. The number of thiazole rings is 1. The topological polar surface area (TPSA) is 111 Å². The van der Waals surface area contributed by atoms with E-state index < -0.39 is 5.97 Å². The van der Waals surface area contributed by atoms with E-state index in [2.05, 4.69) is 20.6 Å². The van der Waals surface area contributed by atoms with Crippen LogP contribution in [-0.2, 0) is 16.0 Å². The maximum atomic E-state index is 12.0.